The number of para-hydroxylation sites is 1. The second-order valence-corrected chi connectivity index (χ2v) is 7.44. The number of rotatable bonds is 7. The van der Waals surface area contributed by atoms with Crippen LogP contribution >= 0.6 is 0 Å². The topological polar surface area (TPSA) is 64.6 Å². The largest absolute Gasteiger partial charge is 0.497 e. The van der Waals surface area contributed by atoms with E-state index in [9.17, 15) is 8.42 Å². The van der Waals surface area contributed by atoms with E-state index in [1.165, 1.54) is 19.2 Å². The molecule has 6 heteroatoms. The van der Waals surface area contributed by atoms with Crippen molar-refractivity contribution in [3.05, 3.63) is 53.6 Å². The molecule has 0 aromatic heterocycles. The number of aryl methyl sites for hydroxylation is 2. The fourth-order valence-corrected chi connectivity index (χ4v) is 3.59. The molecule has 0 saturated heterocycles. The van der Waals surface area contributed by atoms with Crippen LogP contribution in [0.1, 0.15) is 18.1 Å². The number of benzene rings is 2. The number of hydrogen-bond donors (Lipinski definition) is 1. The van der Waals surface area contributed by atoms with Gasteiger partial charge in [0, 0.05) is 0 Å². The Hall–Kier alpha value is -2.05. The average Bonchev–Trinajstić information content (AvgIpc) is 2.54. The van der Waals surface area contributed by atoms with Gasteiger partial charge in [-0.3, -0.25) is 0 Å². The maximum atomic E-state index is 12.4. The Morgan fingerprint density at radius 3 is 2.17 bits per heavy atom. The zero-order valence-electron chi connectivity index (χ0n) is 14.4. The van der Waals surface area contributed by atoms with Crippen molar-refractivity contribution >= 4 is 10.0 Å². The van der Waals surface area contributed by atoms with Crippen LogP contribution in [0.4, 0.5) is 0 Å². The van der Waals surface area contributed by atoms with Gasteiger partial charge in [0.15, 0.2) is 0 Å². The van der Waals surface area contributed by atoms with Gasteiger partial charge in [-0.2, -0.15) is 0 Å². The summed E-state index contributed by atoms with van der Waals surface area (Å²) in [7, 11) is -2.06. The lowest BCUT2D eigenvalue weighted by molar-refractivity contribution is 0.284. The van der Waals surface area contributed by atoms with Crippen LogP contribution in [-0.4, -0.2) is 28.2 Å². The van der Waals surface area contributed by atoms with E-state index in [4.69, 9.17) is 9.47 Å². The van der Waals surface area contributed by atoms with E-state index in [0.717, 1.165) is 16.9 Å². The molecular formula is C18H23NO4S. The van der Waals surface area contributed by atoms with Crippen LogP contribution in [0.3, 0.4) is 0 Å². The molecule has 0 fully saturated rings. The summed E-state index contributed by atoms with van der Waals surface area (Å²) in [6, 6.07) is 11.8. The Bertz CT molecular complexity index is 765. The van der Waals surface area contributed by atoms with E-state index in [-0.39, 0.29) is 17.5 Å². The molecule has 0 heterocycles. The van der Waals surface area contributed by atoms with Crippen LogP contribution in [0.25, 0.3) is 0 Å². The van der Waals surface area contributed by atoms with Crippen LogP contribution in [0.2, 0.25) is 0 Å². The normalized spacial score (nSPS) is 12.7. The van der Waals surface area contributed by atoms with Crippen molar-refractivity contribution in [1.29, 1.82) is 0 Å². The first-order chi connectivity index (χ1) is 11.3. The molecule has 0 amide bonds. The predicted molar refractivity (Wildman–Crippen MR) is 94.2 cm³/mol. The Labute approximate surface area is 143 Å². The number of nitrogens with one attached hydrogen (secondary N) is 1. The number of methoxy groups -OCH3 is 1. The van der Waals surface area contributed by atoms with Gasteiger partial charge in [-0.05, 0) is 56.2 Å². The van der Waals surface area contributed by atoms with Gasteiger partial charge >= 0.3 is 0 Å². The van der Waals surface area contributed by atoms with Gasteiger partial charge in [0.25, 0.3) is 0 Å². The van der Waals surface area contributed by atoms with Crippen molar-refractivity contribution in [2.24, 2.45) is 0 Å². The van der Waals surface area contributed by atoms with Gasteiger partial charge < -0.3 is 9.47 Å². The van der Waals surface area contributed by atoms with E-state index in [2.05, 4.69) is 4.72 Å². The van der Waals surface area contributed by atoms with Crippen LogP contribution < -0.4 is 14.2 Å². The highest BCUT2D eigenvalue weighted by molar-refractivity contribution is 7.89. The van der Waals surface area contributed by atoms with Gasteiger partial charge in [0.1, 0.15) is 18.1 Å². The third-order valence-electron chi connectivity index (χ3n) is 3.61. The summed E-state index contributed by atoms with van der Waals surface area (Å²) >= 11 is 0. The molecule has 0 aliphatic heterocycles. The summed E-state index contributed by atoms with van der Waals surface area (Å²) in [5, 5.41) is 0. The van der Waals surface area contributed by atoms with Crippen molar-refractivity contribution in [1.82, 2.24) is 4.72 Å². The monoisotopic (exact) mass is 349 g/mol. The molecule has 2 aromatic carbocycles. The van der Waals surface area contributed by atoms with Crippen LogP contribution in [0.5, 0.6) is 11.5 Å². The summed E-state index contributed by atoms with van der Waals surface area (Å²) in [6.07, 6.45) is 0. The number of sulfonamides is 1. The molecule has 1 N–H and O–H groups in total. The summed E-state index contributed by atoms with van der Waals surface area (Å²) < 4.78 is 38.2. The molecule has 0 saturated carbocycles. The molecule has 1 unspecified atom stereocenters. The predicted octanol–water partition coefficient (Wildman–Crippen LogP) is 3.06. The minimum absolute atomic E-state index is 0.197. The Morgan fingerprint density at radius 1 is 1.04 bits per heavy atom. The van der Waals surface area contributed by atoms with Gasteiger partial charge in [0.2, 0.25) is 10.0 Å². The highest BCUT2D eigenvalue weighted by atomic mass is 32.2. The van der Waals surface area contributed by atoms with Gasteiger partial charge in [0.05, 0.1) is 18.0 Å². The van der Waals surface area contributed by atoms with Crippen LogP contribution in [0.15, 0.2) is 47.4 Å². The molecule has 0 bridgehead atoms. The molecule has 24 heavy (non-hydrogen) atoms. The first-order valence-electron chi connectivity index (χ1n) is 7.69. The summed E-state index contributed by atoms with van der Waals surface area (Å²) in [5.74, 6) is 1.41. The van der Waals surface area contributed by atoms with Crippen molar-refractivity contribution in [3.8, 4) is 11.5 Å². The van der Waals surface area contributed by atoms with Crippen molar-refractivity contribution < 1.29 is 17.9 Å². The fraction of sp³-hybridized carbons (Fsp3) is 0.333. The highest BCUT2D eigenvalue weighted by Crippen LogP contribution is 2.22. The lowest BCUT2D eigenvalue weighted by atomic mass is 10.1. The number of hydrogen-bond acceptors (Lipinski definition) is 4. The second kappa shape index (κ2) is 7.68. The highest BCUT2D eigenvalue weighted by Gasteiger charge is 2.18. The molecule has 0 aliphatic carbocycles. The zero-order chi connectivity index (χ0) is 17.7. The minimum Gasteiger partial charge on any atom is -0.497 e. The van der Waals surface area contributed by atoms with E-state index < -0.39 is 10.0 Å². The second-order valence-electron chi connectivity index (χ2n) is 5.73. The van der Waals surface area contributed by atoms with Crippen LogP contribution in [0, 0.1) is 13.8 Å². The SMILES string of the molecule is COc1ccc(S(=O)(=O)NC(C)COc2c(C)cccc2C)cc1. The van der Waals surface area contributed by atoms with Gasteiger partial charge in [-0.25, -0.2) is 13.1 Å². The molecule has 130 valence electrons. The molecule has 5 nitrogen and oxygen atoms in total. The fourth-order valence-electron chi connectivity index (χ4n) is 2.36. The molecule has 2 rings (SSSR count). The molecule has 2 aromatic rings. The van der Waals surface area contributed by atoms with Crippen molar-refractivity contribution in [3.63, 3.8) is 0 Å². The zero-order valence-corrected chi connectivity index (χ0v) is 15.2. The summed E-state index contributed by atoms with van der Waals surface area (Å²) in [4.78, 5) is 0.197. The van der Waals surface area contributed by atoms with E-state index in [1.54, 1.807) is 19.1 Å². The quantitative estimate of drug-likeness (QED) is 0.834. The van der Waals surface area contributed by atoms with Crippen molar-refractivity contribution in [2.75, 3.05) is 13.7 Å². The molecule has 0 spiro atoms. The Balaban J connectivity index is 2.01. The molecule has 1 atom stereocenters. The Kier molecular flexibility index (Phi) is 5.85. The maximum Gasteiger partial charge on any atom is 0.240 e. The lowest BCUT2D eigenvalue weighted by Crippen LogP contribution is -2.36. The minimum atomic E-state index is -3.59. The number of ether oxygens (including phenoxy) is 2. The van der Waals surface area contributed by atoms with Crippen LogP contribution in [-0.2, 0) is 10.0 Å². The molecular weight excluding hydrogens is 326 g/mol. The Morgan fingerprint density at radius 2 is 1.62 bits per heavy atom. The van der Waals surface area contributed by atoms with E-state index >= 15 is 0 Å². The summed E-state index contributed by atoms with van der Waals surface area (Å²) in [6.45, 7) is 5.96. The first kappa shape index (κ1) is 18.3. The maximum absolute atomic E-state index is 12.4. The average molecular weight is 349 g/mol. The first-order valence-corrected chi connectivity index (χ1v) is 9.17. The lowest BCUT2D eigenvalue weighted by Gasteiger charge is -2.17. The van der Waals surface area contributed by atoms with E-state index in [1.807, 2.05) is 32.0 Å². The standard InChI is InChI=1S/C18H23NO4S/c1-13-6-5-7-14(2)18(13)23-12-15(3)19-24(20,21)17-10-8-16(22-4)9-11-17/h5-11,15,19H,12H2,1-4H3. The molecule has 0 aliphatic rings. The van der Waals surface area contributed by atoms with Crippen molar-refractivity contribution in [2.45, 2.75) is 31.7 Å². The third kappa shape index (κ3) is 4.49. The van der Waals surface area contributed by atoms with Gasteiger partial charge in [-0.15, -0.1) is 0 Å². The van der Waals surface area contributed by atoms with Gasteiger partial charge in [-0.1, -0.05) is 18.2 Å². The third-order valence-corrected chi connectivity index (χ3v) is 5.22. The summed E-state index contributed by atoms with van der Waals surface area (Å²) in [5.41, 5.74) is 2.06. The smallest absolute Gasteiger partial charge is 0.240 e. The molecule has 0 radical (unpaired) electrons. The van der Waals surface area contributed by atoms with E-state index in [0.29, 0.717) is 5.75 Å².